The number of rotatable bonds is 4. The van der Waals surface area contributed by atoms with Crippen LogP contribution < -0.4 is 17.0 Å². The fraction of sp³-hybridized carbons (Fsp3) is 0.643. The lowest BCUT2D eigenvalue weighted by Crippen LogP contribution is -2.39. The fourth-order valence-corrected chi connectivity index (χ4v) is 2.61. The molecule has 0 aliphatic carbocycles. The van der Waals surface area contributed by atoms with Gasteiger partial charge in [-0.15, -0.1) is 0 Å². The standard InChI is InChI=1S/C14H23N5O2/c1-8(2)7-18-12-11(13(20)17(5)14(18)21)19(9(3)6-15)10(4)16-12/h8-9H,6-7,15H2,1-5H3. The lowest BCUT2D eigenvalue weighted by molar-refractivity contribution is 0.499. The molecule has 21 heavy (non-hydrogen) atoms. The summed E-state index contributed by atoms with van der Waals surface area (Å²) in [6, 6.07) is -0.0484. The van der Waals surface area contributed by atoms with E-state index < -0.39 is 0 Å². The summed E-state index contributed by atoms with van der Waals surface area (Å²) < 4.78 is 4.55. The van der Waals surface area contributed by atoms with E-state index in [-0.39, 0.29) is 23.2 Å². The number of hydrogen-bond donors (Lipinski definition) is 1. The highest BCUT2D eigenvalue weighted by Gasteiger charge is 2.21. The summed E-state index contributed by atoms with van der Waals surface area (Å²) in [5, 5.41) is 0. The maximum atomic E-state index is 12.5. The Morgan fingerprint density at radius 3 is 2.38 bits per heavy atom. The molecule has 2 aromatic rings. The van der Waals surface area contributed by atoms with Gasteiger partial charge < -0.3 is 10.3 Å². The van der Waals surface area contributed by atoms with Gasteiger partial charge in [-0.3, -0.25) is 13.9 Å². The Morgan fingerprint density at radius 1 is 1.24 bits per heavy atom. The van der Waals surface area contributed by atoms with Gasteiger partial charge in [0.05, 0.1) is 0 Å². The summed E-state index contributed by atoms with van der Waals surface area (Å²) in [6.45, 7) is 8.74. The molecule has 7 heteroatoms. The van der Waals surface area contributed by atoms with Crippen LogP contribution in [0.2, 0.25) is 0 Å². The van der Waals surface area contributed by atoms with Gasteiger partial charge in [0, 0.05) is 26.2 Å². The van der Waals surface area contributed by atoms with Crippen LogP contribution in [-0.2, 0) is 13.6 Å². The van der Waals surface area contributed by atoms with Crippen molar-refractivity contribution < 1.29 is 0 Å². The molecule has 0 saturated carbocycles. The Balaban J connectivity index is 2.94. The molecule has 7 nitrogen and oxygen atoms in total. The van der Waals surface area contributed by atoms with Gasteiger partial charge in [0.15, 0.2) is 11.2 Å². The van der Waals surface area contributed by atoms with Crippen molar-refractivity contribution in [3.63, 3.8) is 0 Å². The number of aryl methyl sites for hydroxylation is 1. The normalized spacial score (nSPS) is 13.3. The number of hydrogen-bond acceptors (Lipinski definition) is 4. The van der Waals surface area contributed by atoms with Crippen molar-refractivity contribution in [2.24, 2.45) is 18.7 Å². The lowest BCUT2D eigenvalue weighted by Gasteiger charge is -2.15. The van der Waals surface area contributed by atoms with E-state index in [0.717, 1.165) is 4.57 Å². The molecule has 2 N–H and O–H groups in total. The quantitative estimate of drug-likeness (QED) is 0.882. The van der Waals surface area contributed by atoms with Crippen molar-refractivity contribution in [3.05, 3.63) is 26.7 Å². The smallest absolute Gasteiger partial charge is 0.328 e. The number of nitrogens with two attached hydrogens (primary N) is 1. The van der Waals surface area contributed by atoms with Gasteiger partial charge in [-0.25, -0.2) is 9.78 Å². The van der Waals surface area contributed by atoms with Gasteiger partial charge in [-0.2, -0.15) is 0 Å². The minimum Gasteiger partial charge on any atom is -0.328 e. The molecule has 0 aliphatic heterocycles. The third-order valence-electron chi connectivity index (χ3n) is 3.68. The summed E-state index contributed by atoms with van der Waals surface area (Å²) >= 11 is 0. The molecule has 0 amide bonds. The van der Waals surface area contributed by atoms with Crippen molar-refractivity contribution in [1.82, 2.24) is 18.7 Å². The minimum atomic E-state index is -0.328. The summed E-state index contributed by atoms with van der Waals surface area (Å²) in [6.07, 6.45) is 0. The van der Waals surface area contributed by atoms with E-state index in [9.17, 15) is 9.59 Å². The lowest BCUT2D eigenvalue weighted by atomic mass is 10.2. The molecule has 2 rings (SSSR count). The molecular weight excluding hydrogens is 270 g/mol. The second-order valence-corrected chi connectivity index (χ2v) is 5.94. The number of imidazole rings is 1. The maximum absolute atomic E-state index is 12.5. The van der Waals surface area contributed by atoms with Crippen LogP contribution in [-0.4, -0.2) is 25.2 Å². The minimum absolute atomic E-state index is 0.0484. The van der Waals surface area contributed by atoms with E-state index in [1.165, 1.54) is 7.05 Å². The van der Waals surface area contributed by atoms with E-state index in [1.807, 2.05) is 32.3 Å². The first kappa shape index (κ1) is 15.5. The van der Waals surface area contributed by atoms with E-state index in [4.69, 9.17) is 5.73 Å². The number of fused-ring (bicyclic) bond motifs is 1. The summed E-state index contributed by atoms with van der Waals surface area (Å²) in [5.74, 6) is 0.976. The van der Waals surface area contributed by atoms with Crippen LogP contribution in [0.3, 0.4) is 0 Å². The Morgan fingerprint density at radius 2 is 1.86 bits per heavy atom. The van der Waals surface area contributed by atoms with E-state index in [0.29, 0.717) is 30.1 Å². The molecule has 0 aromatic carbocycles. The Hall–Kier alpha value is -1.89. The van der Waals surface area contributed by atoms with Crippen molar-refractivity contribution in [2.45, 2.75) is 40.3 Å². The molecular formula is C14H23N5O2. The predicted octanol–water partition coefficient (Wildman–Crippen LogP) is 0.381. The topological polar surface area (TPSA) is 87.8 Å². The second-order valence-electron chi connectivity index (χ2n) is 5.94. The Labute approximate surface area is 123 Å². The van der Waals surface area contributed by atoms with Gasteiger partial charge in [0.2, 0.25) is 0 Å². The molecule has 2 heterocycles. The number of nitrogens with zero attached hydrogens (tertiary/aromatic N) is 4. The van der Waals surface area contributed by atoms with E-state index >= 15 is 0 Å². The van der Waals surface area contributed by atoms with Crippen LogP contribution in [0.15, 0.2) is 9.59 Å². The third-order valence-corrected chi connectivity index (χ3v) is 3.68. The van der Waals surface area contributed by atoms with Crippen LogP contribution in [0.1, 0.15) is 32.6 Å². The average Bonchev–Trinajstić information content (AvgIpc) is 2.77. The SMILES string of the molecule is Cc1nc2c(c(=O)n(C)c(=O)n2CC(C)C)n1C(C)CN. The third kappa shape index (κ3) is 2.42. The van der Waals surface area contributed by atoms with Crippen molar-refractivity contribution in [2.75, 3.05) is 6.54 Å². The molecule has 0 fully saturated rings. The highest BCUT2D eigenvalue weighted by Crippen LogP contribution is 2.17. The molecule has 0 radical (unpaired) electrons. The number of aromatic nitrogens is 4. The average molecular weight is 293 g/mol. The van der Waals surface area contributed by atoms with Gasteiger partial charge in [0.25, 0.3) is 5.56 Å². The fourth-order valence-electron chi connectivity index (χ4n) is 2.61. The first-order valence-electron chi connectivity index (χ1n) is 7.18. The zero-order valence-corrected chi connectivity index (χ0v) is 13.3. The van der Waals surface area contributed by atoms with Crippen molar-refractivity contribution in [1.29, 1.82) is 0 Å². The summed E-state index contributed by atoms with van der Waals surface area (Å²) in [4.78, 5) is 29.3. The molecule has 0 saturated heterocycles. The van der Waals surface area contributed by atoms with Crippen molar-refractivity contribution >= 4 is 11.2 Å². The molecule has 0 spiro atoms. The van der Waals surface area contributed by atoms with Crippen LogP contribution in [0.25, 0.3) is 11.2 Å². The zero-order chi connectivity index (χ0) is 15.9. The van der Waals surface area contributed by atoms with Gasteiger partial charge in [0.1, 0.15) is 5.82 Å². The Bertz CT molecular complexity index is 781. The van der Waals surface area contributed by atoms with Crippen LogP contribution in [0.4, 0.5) is 0 Å². The zero-order valence-electron chi connectivity index (χ0n) is 13.3. The maximum Gasteiger partial charge on any atom is 0.332 e. The summed E-state index contributed by atoms with van der Waals surface area (Å²) in [5.41, 5.74) is 5.99. The van der Waals surface area contributed by atoms with Crippen LogP contribution >= 0.6 is 0 Å². The molecule has 0 aliphatic rings. The second kappa shape index (κ2) is 5.48. The van der Waals surface area contributed by atoms with Gasteiger partial charge in [-0.1, -0.05) is 13.8 Å². The molecule has 2 aromatic heterocycles. The predicted molar refractivity (Wildman–Crippen MR) is 82.6 cm³/mol. The molecule has 1 atom stereocenters. The van der Waals surface area contributed by atoms with Gasteiger partial charge >= 0.3 is 5.69 Å². The monoisotopic (exact) mass is 293 g/mol. The molecule has 1 unspecified atom stereocenters. The van der Waals surface area contributed by atoms with Crippen LogP contribution in [0, 0.1) is 12.8 Å². The highest BCUT2D eigenvalue weighted by atomic mass is 16.2. The van der Waals surface area contributed by atoms with E-state index in [2.05, 4.69) is 4.98 Å². The van der Waals surface area contributed by atoms with E-state index in [1.54, 1.807) is 4.57 Å². The largest absolute Gasteiger partial charge is 0.332 e. The highest BCUT2D eigenvalue weighted by molar-refractivity contribution is 5.71. The first-order chi connectivity index (χ1) is 9.79. The Kier molecular flexibility index (Phi) is 4.04. The molecule has 116 valence electrons. The van der Waals surface area contributed by atoms with Crippen LogP contribution in [0.5, 0.6) is 0 Å². The van der Waals surface area contributed by atoms with Gasteiger partial charge in [-0.05, 0) is 19.8 Å². The molecule has 0 bridgehead atoms. The van der Waals surface area contributed by atoms with Crippen molar-refractivity contribution in [3.8, 4) is 0 Å². The first-order valence-corrected chi connectivity index (χ1v) is 7.18. The summed E-state index contributed by atoms with van der Waals surface area (Å²) in [7, 11) is 1.50.